The minimum absolute atomic E-state index is 0.858. The first-order valence-electron chi connectivity index (χ1n) is 5.48. The van der Waals surface area contributed by atoms with Crippen molar-refractivity contribution in [2.24, 2.45) is 0 Å². The van der Waals surface area contributed by atoms with Crippen molar-refractivity contribution in [3.05, 3.63) is 34.2 Å². The number of hydrogen-bond acceptors (Lipinski definition) is 1. The smallest absolute Gasteiger partial charge is 0.0366 e. The van der Waals surface area contributed by atoms with Crippen LogP contribution in [0.5, 0.6) is 0 Å². The average Bonchev–Trinajstić information content (AvgIpc) is 2.46. The summed E-state index contributed by atoms with van der Waals surface area (Å²) in [6, 6.07) is 0. The molecule has 0 aromatic rings. The normalized spacial score (nSPS) is 23.1. The lowest BCUT2D eigenvalue weighted by atomic mass is 10.1. The minimum atomic E-state index is 0.858. The molecule has 0 unspecified atom stereocenters. The molecule has 0 aromatic carbocycles. The first-order valence-corrected chi connectivity index (χ1v) is 6.90. The lowest BCUT2D eigenvalue weighted by molar-refractivity contribution is 1.04. The zero-order valence-electron chi connectivity index (χ0n) is 10.4. The fourth-order valence-corrected chi connectivity index (χ4v) is 1.92. The number of thioether (sulfide) groups is 1. The Morgan fingerprint density at radius 2 is 2.00 bits per heavy atom. The maximum absolute atomic E-state index is 5.93. The first kappa shape index (κ1) is 17.8. The Bertz CT molecular complexity index is 259. The van der Waals surface area contributed by atoms with Crippen molar-refractivity contribution in [2.45, 2.75) is 33.6 Å². The third-order valence-electron chi connectivity index (χ3n) is 1.73. The van der Waals surface area contributed by atoms with Gasteiger partial charge in [-0.2, -0.15) is 0 Å². The number of rotatable bonds is 1. The highest BCUT2D eigenvalue weighted by Crippen LogP contribution is 2.19. The van der Waals surface area contributed by atoms with Gasteiger partial charge in [-0.15, -0.1) is 24.6 Å². The maximum Gasteiger partial charge on any atom is 0.0366 e. The van der Waals surface area contributed by atoms with Gasteiger partial charge in [0.25, 0.3) is 0 Å². The summed E-state index contributed by atoms with van der Waals surface area (Å²) in [7, 11) is 0. The van der Waals surface area contributed by atoms with Crippen LogP contribution < -0.4 is 0 Å². The molecule has 0 aromatic heterocycles. The molecule has 0 spiro atoms. The second kappa shape index (κ2) is 14.4. The highest BCUT2D eigenvalue weighted by Gasteiger charge is 1.95. The summed E-state index contributed by atoms with van der Waals surface area (Å²) >= 11 is 7.76. The molecule has 0 atom stereocenters. The summed E-state index contributed by atoms with van der Waals surface area (Å²) in [4.78, 5) is 0. The van der Waals surface area contributed by atoms with Gasteiger partial charge in [-0.25, -0.2) is 0 Å². The highest BCUT2D eigenvalue weighted by atomic mass is 35.5. The highest BCUT2D eigenvalue weighted by molar-refractivity contribution is 8.02. The maximum atomic E-state index is 5.93. The zero-order chi connectivity index (χ0) is 12.8. The van der Waals surface area contributed by atoms with Crippen LogP contribution >= 0.6 is 23.4 Å². The largest absolute Gasteiger partial charge is 0.130 e. The summed E-state index contributed by atoms with van der Waals surface area (Å²) in [5.41, 5.74) is 1.46. The summed E-state index contributed by atoms with van der Waals surface area (Å²) in [5.74, 6) is 1.02. The van der Waals surface area contributed by atoms with E-state index in [9.17, 15) is 0 Å². The molecular formula is C14H21ClS. The molecule has 16 heavy (non-hydrogen) atoms. The van der Waals surface area contributed by atoms with Crippen LogP contribution in [0.2, 0.25) is 0 Å². The Kier molecular flexibility index (Phi) is 16.0. The Morgan fingerprint density at radius 3 is 2.56 bits per heavy atom. The van der Waals surface area contributed by atoms with Gasteiger partial charge in [0.15, 0.2) is 0 Å². The van der Waals surface area contributed by atoms with Crippen LogP contribution in [0.4, 0.5) is 0 Å². The number of hydrogen-bond donors (Lipinski definition) is 0. The number of terminal acetylenes is 1. The summed E-state index contributed by atoms with van der Waals surface area (Å²) in [5, 5.41) is 3.10. The molecule has 1 heterocycles. The lowest BCUT2D eigenvalue weighted by Gasteiger charge is -1.98. The Morgan fingerprint density at radius 1 is 1.38 bits per heavy atom. The summed E-state index contributed by atoms with van der Waals surface area (Å²) < 4.78 is 0. The predicted molar refractivity (Wildman–Crippen MR) is 79.8 cm³/mol. The molecule has 1 aliphatic heterocycles. The van der Waals surface area contributed by atoms with Crippen LogP contribution in [0.3, 0.4) is 0 Å². The second-order valence-electron chi connectivity index (χ2n) is 2.66. The van der Waals surface area contributed by atoms with Crippen LogP contribution in [0.25, 0.3) is 0 Å². The van der Waals surface area contributed by atoms with E-state index in [0.717, 1.165) is 23.6 Å². The standard InChI is InChI=1S/C10H13ClS.C2H6.C2H2/c1-2-9-5-6-10(11)4-3-7-12-8-9;2*1-2/h3-4,6,8H,2,5,7H2,1H3;1-2H3;1-2H/b4-3-,9-8-,10-6+;;. The van der Waals surface area contributed by atoms with Gasteiger partial charge in [-0.05, 0) is 24.3 Å². The molecule has 0 bridgehead atoms. The third-order valence-corrected chi connectivity index (χ3v) is 2.90. The first-order chi connectivity index (χ1) is 7.83. The molecule has 90 valence electrons. The van der Waals surface area contributed by atoms with Crippen molar-refractivity contribution in [3.8, 4) is 12.8 Å². The summed E-state index contributed by atoms with van der Waals surface area (Å²) in [6.45, 7) is 6.18. The SMILES string of the molecule is C#C.CC.CC/C1=C/SC/C=C\C(Cl)=C/C1. The van der Waals surface area contributed by atoms with Crippen molar-refractivity contribution in [2.75, 3.05) is 5.75 Å². The van der Waals surface area contributed by atoms with Gasteiger partial charge in [-0.1, -0.05) is 50.1 Å². The van der Waals surface area contributed by atoms with Gasteiger partial charge in [-0.3, -0.25) is 0 Å². The van der Waals surface area contributed by atoms with E-state index in [-0.39, 0.29) is 0 Å². The van der Waals surface area contributed by atoms with Crippen LogP contribution in [-0.4, -0.2) is 5.75 Å². The van der Waals surface area contributed by atoms with E-state index in [1.54, 1.807) is 0 Å². The molecule has 0 saturated carbocycles. The molecule has 0 saturated heterocycles. The van der Waals surface area contributed by atoms with Gasteiger partial charge in [0.2, 0.25) is 0 Å². The Hall–Kier alpha value is -0.580. The van der Waals surface area contributed by atoms with E-state index >= 15 is 0 Å². The molecule has 0 fully saturated rings. The van der Waals surface area contributed by atoms with Crippen LogP contribution in [-0.2, 0) is 0 Å². The Balaban J connectivity index is 0. The molecule has 1 rings (SSSR count). The average molecular weight is 257 g/mol. The lowest BCUT2D eigenvalue weighted by Crippen LogP contribution is -1.77. The topological polar surface area (TPSA) is 0 Å². The minimum Gasteiger partial charge on any atom is -0.130 e. The fraction of sp³-hybridized carbons (Fsp3) is 0.429. The molecule has 0 aliphatic carbocycles. The van der Waals surface area contributed by atoms with Crippen LogP contribution in [0.1, 0.15) is 33.6 Å². The second-order valence-corrected chi connectivity index (χ2v) is 4.00. The van der Waals surface area contributed by atoms with Gasteiger partial charge in [0.1, 0.15) is 0 Å². The van der Waals surface area contributed by atoms with Gasteiger partial charge in [0, 0.05) is 10.8 Å². The predicted octanol–water partition coefficient (Wildman–Crippen LogP) is 5.37. The van der Waals surface area contributed by atoms with Crippen LogP contribution in [0.15, 0.2) is 34.2 Å². The monoisotopic (exact) mass is 256 g/mol. The molecular weight excluding hydrogens is 236 g/mol. The summed E-state index contributed by atoms with van der Waals surface area (Å²) in [6.07, 6.45) is 16.2. The van der Waals surface area contributed by atoms with Gasteiger partial charge in [0.05, 0.1) is 0 Å². The van der Waals surface area contributed by atoms with Crippen molar-refractivity contribution in [1.82, 2.24) is 0 Å². The van der Waals surface area contributed by atoms with Crippen molar-refractivity contribution >= 4 is 23.4 Å². The van der Waals surface area contributed by atoms with Gasteiger partial charge < -0.3 is 0 Å². The quantitative estimate of drug-likeness (QED) is 0.568. The molecule has 1 aliphatic rings. The zero-order valence-corrected chi connectivity index (χ0v) is 11.9. The number of allylic oxidation sites excluding steroid dienone is 4. The molecule has 0 radical (unpaired) electrons. The van der Waals surface area contributed by atoms with Crippen molar-refractivity contribution in [1.29, 1.82) is 0 Å². The van der Waals surface area contributed by atoms with Crippen LogP contribution in [0, 0.1) is 12.8 Å². The van der Waals surface area contributed by atoms with E-state index in [1.807, 2.05) is 31.7 Å². The van der Waals surface area contributed by atoms with Crippen molar-refractivity contribution in [3.63, 3.8) is 0 Å². The van der Waals surface area contributed by atoms with Gasteiger partial charge >= 0.3 is 0 Å². The molecule has 0 nitrogen and oxygen atoms in total. The van der Waals surface area contributed by atoms with E-state index in [4.69, 9.17) is 11.6 Å². The van der Waals surface area contributed by atoms with Crippen molar-refractivity contribution < 1.29 is 0 Å². The molecule has 0 N–H and O–H groups in total. The van der Waals surface area contributed by atoms with E-state index < -0.39 is 0 Å². The molecule has 2 heteroatoms. The number of halogens is 1. The fourth-order valence-electron chi connectivity index (χ4n) is 0.955. The Labute approximate surface area is 110 Å². The van der Waals surface area contributed by atoms with E-state index in [0.29, 0.717) is 0 Å². The van der Waals surface area contributed by atoms with E-state index in [2.05, 4.69) is 37.3 Å². The molecule has 0 amide bonds. The van der Waals surface area contributed by atoms with E-state index in [1.165, 1.54) is 5.57 Å². The third kappa shape index (κ3) is 9.96.